The molecule has 19 aromatic carbocycles. The number of para-hydroxylation sites is 8. The number of nitrogens with zero attached hydrogens (tertiary/aromatic N) is 8. The number of carbonyl (C=O) groups is 1. The van der Waals surface area contributed by atoms with E-state index in [1.807, 2.05) is 115 Å². The molecule has 0 saturated heterocycles. The van der Waals surface area contributed by atoms with Crippen LogP contribution in [0.15, 0.2) is 476 Å². The normalized spacial score (nSPS) is 11.0. The van der Waals surface area contributed by atoms with Gasteiger partial charge in [-0.2, -0.15) is 41.7 Å². The summed E-state index contributed by atoms with van der Waals surface area (Å²) in [5, 5.41) is 17.6. The Kier molecular flexibility index (Phi) is 28.1. The average molecular weight is 1980 g/mol. The smallest absolute Gasteiger partial charge is 1.00 e. The Labute approximate surface area is 836 Å². The Bertz CT molecular complexity index is 8500. The summed E-state index contributed by atoms with van der Waals surface area (Å²) in [6.45, 7) is 0. The summed E-state index contributed by atoms with van der Waals surface area (Å²) < 4.78 is 8.98. The zero-order valence-corrected chi connectivity index (χ0v) is 80.4. The quantitative estimate of drug-likeness (QED) is 0.0624. The summed E-state index contributed by atoms with van der Waals surface area (Å²) in [6, 6.07) is 166. The van der Waals surface area contributed by atoms with Crippen LogP contribution in [0.5, 0.6) is 0 Å². The largest absolute Gasteiger partial charge is 2.00 e. The van der Waals surface area contributed by atoms with Crippen LogP contribution in [0.1, 0.15) is 27.0 Å². The molecular formula is C121H81Br3ClMgN9O. The van der Waals surface area contributed by atoms with Crippen LogP contribution in [-0.4, -0.2) is 61.9 Å². The number of nitriles is 1. The SMILES string of the molecule is Brc1cccc(-c2nc(-c3ccccc3)c3ccccc3n2)c1.N#Cc1ccccc1N.O=C(Cl)c1cccc(Br)c1.[Br-].[Mg+2].[c-]1ccccc1.c1ccc(-c2nc(-c3cccc(-n4c5ccccc5c5cc(-c6ccc7c(c6)c6ccccc6n7-c6ccccc6)ccc54)c3)nc3ccccc23)cc1.c1ccc(-n2c3ccccc3c3cc(-c4ccc5c(c4)-c4ccccc4C5)ccc32)cc1. The first-order valence-electron chi connectivity index (χ1n) is 44.1. The number of hydrogen-bond acceptors (Lipinski definition) is 7. The second-order valence-corrected chi connectivity index (χ2v) is 34.5. The summed E-state index contributed by atoms with van der Waals surface area (Å²) in [5.74, 6) is 1.45. The maximum atomic E-state index is 10.5. The van der Waals surface area contributed by atoms with Gasteiger partial charge in [0.1, 0.15) is 6.07 Å². The number of halogens is 4. The minimum Gasteiger partial charge on any atom is -1.00 e. The molecule has 5 aromatic heterocycles. The van der Waals surface area contributed by atoms with E-state index in [9.17, 15) is 4.79 Å². The van der Waals surface area contributed by atoms with E-state index < -0.39 is 5.24 Å². The van der Waals surface area contributed by atoms with Crippen LogP contribution in [0, 0.1) is 17.4 Å². The number of aromatic nitrogens is 7. The van der Waals surface area contributed by atoms with Crippen molar-refractivity contribution < 1.29 is 21.8 Å². The summed E-state index contributed by atoms with van der Waals surface area (Å²) in [4.78, 5) is 30.4. The molecule has 0 bridgehead atoms. The van der Waals surface area contributed by atoms with Crippen molar-refractivity contribution in [2.45, 2.75) is 6.42 Å². The van der Waals surface area contributed by atoms with Gasteiger partial charge in [0.2, 0.25) is 0 Å². The Morgan fingerprint density at radius 3 is 1.13 bits per heavy atom. The van der Waals surface area contributed by atoms with Crippen LogP contribution in [0.25, 0.3) is 183 Å². The summed E-state index contributed by atoms with van der Waals surface area (Å²) in [6.07, 6.45) is 1.04. The molecule has 646 valence electrons. The molecule has 0 amide bonds. The van der Waals surface area contributed by atoms with Gasteiger partial charge in [0.15, 0.2) is 11.6 Å². The zero-order chi connectivity index (χ0) is 90.8. The third kappa shape index (κ3) is 19.3. The van der Waals surface area contributed by atoms with Crippen molar-refractivity contribution in [3.05, 3.63) is 504 Å². The Balaban J connectivity index is 0.000000127. The number of hydrogen-bond donors (Lipinski definition) is 1. The van der Waals surface area contributed by atoms with Crippen molar-refractivity contribution in [3.8, 4) is 102 Å². The van der Waals surface area contributed by atoms with Gasteiger partial charge < -0.3 is 36.4 Å². The first-order chi connectivity index (χ1) is 66.0. The van der Waals surface area contributed by atoms with Gasteiger partial charge in [0.25, 0.3) is 5.24 Å². The Morgan fingerprint density at radius 1 is 0.316 bits per heavy atom. The topological polar surface area (TPSA) is 133 Å². The minimum atomic E-state index is -0.429. The van der Waals surface area contributed by atoms with Gasteiger partial charge in [0.05, 0.1) is 61.1 Å². The van der Waals surface area contributed by atoms with E-state index in [2.05, 4.69) is 367 Å². The minimum absolute atomic E-state index is 0. The monoisotopic (exact) mass is 1970 g/mol. The fourth-order valence-corrected chi connectivity index (χ4v) is 18.7. The van der Waals surface area contributed by atoms with Crippen molar-refractivity contribution in [2.24, 2.45) is 0 Å². The molecule has 25 rings (SSSR count). The Hall–Kier alpha value is -15.3. The number of nitrogen functional groups attached to an aromatic ring is 1. The molecule has 136 heavy (non-hydrogen) atoms. The van der Waals surface area contributed by atoms with Crippen LogP contribution in [-0.2, 0) is 6.42 Å². The van der Waals surface area contributed by atoms with Crippen molar-refractivity contribution >= 4 is 165 Å². The molecule has 0 aliphatic heterocycles. The standard InChI is InChI=1S/C50H32N4.C31H21N.C20H13BrN2.C7H4BrClO.C7H6N2.C6H5.BrH.Mg/c1-3-14-33(15-4-1)49-41-22-7-10-23-44(41)51-50(52-49)36-16-13-19-38(30-36)54-46-25-12-9-21-40(46)43-32-35(27-29-48(43)54)34-26-28-47-42(31-34)39-20-8-11-24-45(39)53(47)37-17-5-2-6-18-37;1-2-9-25(10-3-1)32-30-13-7-6-12-27(30)29-20-22(16-17-31(29)32)21-14-15-24-18-23-8-4-5-11-26(23)28(24)19-21;21-16-10-6-9-15(13-16)20-22-18-12-5-4-11-17(18)19(23-20)14-7-2-1-3-8-14;8-6-3-1-2-5(4-6)7(9)10;8-5-6-3-1-2-4-7(6)9;1-2-4-6-5-3-1;;/h1-32H;1-17,19-20H,18H2;1-13H;1-4H;1-4H,9H2;1-5H;1H;/q;;;;;-1;;+2/p-1. The van der Waals surface area contributed by atoms with E-state index >= 15 is 0 Å². The van der Waals surface area contributed by atoms with Gasteiger partial charge in [-0.05, 0) is 208 Å². The van der Waals surface area contributed by atoms with Gasteiger partial charge >= 0.3 is 23.1 Å². The van der Waals surface area contributed by atoms with Crippen molar-refractivity contribution in [1.82, 2.24) is 33.6 Å². The number of fused-ring (bicyclic) bond motifs is 14. The third-order valence-corrected chi connectivity index (χ3v) is 25.2. The molecule has 10 nitrogen and oxygen atoms in total. The maximum Gasteiger partial charge on any atom is 2.00 e. The zero-order valence-electron chi connectivity index (χ0n) is 73.4. The van der Waals surface area contributed by atoms with Crippen molar-refractivity contribution in [1.29, 1.82) is 5.26 Å². The van der Waals surface area contributed by atoms with Gasteiger partial charge in [0, 0.05) is 103 Å². The van der Waals surface area contributed by atoms with Crippen LogP contribution < -0.4 is 22.7 Å². The second-order valence-electron chi connectivity index (χ2n) is 32.3. The molecule has 15 heteroatoms. The van der Waals surface area contributed by atoms with Crippen LogP contribution in [0.3, 0.4) is 0 Å². The van der Waals surface area contributed by atoms with E-state index in [4.69, 9.17) is 42.5 Å². The molecule has 1 aliphatic rings. The van der Waals surface area contributed by atoms with Gasteiger partial charge in [-0.1, -0.05) is 323 Å². The van der Waals surface area contributed by atoms with E-state index in [0.717, 1.165) is 93.4 Å². The Morgan fingerprint density at radius 2 is 0.684 bits per heavy atom. The number of anilines is 1. The van der Waals surface area contributed by atoms with Crippen molar-refractivity contribution in [3.63, 3.8) is 0 Å². The molecule has 0 fully saturated rings. The predicted molar refractivity (Wildman–Crippen MR) is 568 cm³/mol. The molecule has 2 N–H and O–H groups in total. The molecule has 24 aromatic rings. The molecular weight excluding hydrogens is 1890 g/mol. The summed E-state index contributed by atoms with van der Waals surface area (Å²) >= 11 is 12.0. The van der Waals surface area contributed by atoms with Gasteiger partial charge in [-0.25, -0.2) is 19.9 Å². The van der Waals surface area contributed by atoms with Crippen LogP contribution in [0.2, 0.25) is 0 Å². The molecule has 0 radical (unpaired) electrons. The van der Waals surface area contributed by atoms with Crippen LogP contribution >= 0.6 is 43.5 Å². The average Bonchev–Trinajstić information content (AvgIpc) is 1.60. The second kappa shape index (κ2) is 41.9. The fourth-order valence-electron chi connectivity index (χ4n) is 17.8. The van der Waals surface area contributed by atoms with E-state index in [1.54, 1.807) is 42.5 Å². The van der Waals surface area contributed by atoms with Crippen molar-refractivity contribution in [2.75, 3.05) is 5.73 Å². The fraction of sp³-hybridized carbons (Fsp3) is 0.00826. The third-order valence-electron chi connectivity index (χ3n) is 24.0. The summed E-state index contributed by atoms with van der Waals surface area (Å²) in [7, 11) is 0. The molecule has 0 saturated carbocycles. The van der Waals surface area contributed by atoms with Gasteiger partial charge in [-0.15, -0.1) is 0 Å². The molecule has 0 unspecified atom stereocenters. The molecule has 1 aliphatic carbocycles. The number of nitrogens with two attached hydrogens (primary N) is 1. The van der Waals surface area contributed by atoms with E-state index in [0.29, 0.717) is 22.6 Å². The number of rotatable bonds is 10. The molecule has 5 heterocycles. The first-order valence-corrected chi connectivity index (χ1v) is 46.0. The number of carbonyl (C=O) groups excluding carboxylic acids is 1. The number of benzene rings is 19. The summed E-state index contributed by atoms with van der Waals surface area (Å²) in [5.41, 5.74) is 36.1. The van der Waals surface area contributed by atoms with E-state index in [-0.39, 0.29) is 40.0 Å². The van der Waals surface area contributed by atoms with E-state index in [1.165, 1.54) is 110 Å². The van der Waals surface area contributed by atoms with Gasteiger partial charge in [-0.3, -0.25) is 4.79 Å². The van der Waals surface area contributed by atoms with Crippen LogP contribution in [0.4, 0.5) is 5.69 Å². The molecule has 0 spiro atoms. The molecule has 0 atom stereocenters. The predicted octanol–water partition coefficient (Wildman–Crippen LogP) is 28.7. The first kappa shape index (κ1) is 91.2. The maximum absolute atomic E-state index is 10.5.